The normalized spacial score (nSPS) is 18.8. The number of methoxy groups -OCH3 is 2. The van der Waals surface area contributed by atoms with Crippen molar-refractivity contribution in [3.8, 4) is 11.5 Å². The van der Waals surface area contributed by atoms with E-state index in [0.29, 0.717) is 50.7 Å². The predicted molar refractivity (Wildman–Crippen MR) is 184 cm³/mol. The van der Waals surface area contributed by atoms with Crippen LogP contribution in [0, 0.1) is 11.7 Å². The molecule has 3 aliphatic rings. The number of rotatable bonds is 11. The van der Waals surface area contributed by atoms with Crippen molar-refractivity contribution in [3.05, 3.63) is 117 Å². The van der Waals surface area contributed by atoms with Gasteiger partial charge in [0.05, 0.1) is 42.1 Å². The van der Waals surface area contributed by atoms with Crippen molar-refractivity contribution in [3.63, 3.8) is 0 Å². The number of fused-ring (bicyclic) bond motifs is 3. The zero-order valence-electron chi connectivity index (χ0n) is 27.1. The lowest BCUT2D eigenvalue weighted by atomic mass is 9.86. The van der Waals surface area contributed by atoms with Crippen LogP contribution < -0.4 is 14.4 Å². The van der Waals surface area contributed by atoms with Crippen molar-refractivity contribution >= 4 is 41.0 Å². The largest absolute Gasteiger partial charge is 0.493 e. The lowest BCUT2D eigenvalue weighted by molar-refractivity contribution is -0.0311. The number of piperidine rings is 3. The van der Waals surface area contributed by atoms with Crippen molar-refractivity contribution in [2.45, 2.75) is 38.0 Å². The molecule has 0 aliphatic carbocycles. The molecule has 2 atom stereocenters. The number of carbonyl (C=O) groups is 2. The van der Waals surface area contributed by atoms with E-state index in [0.717, 1.165) is 25.9 Å². The summed E-state index contributed by atoms with van der Waals surface area (Å²) >= 11 is 12.9. The topological polar surface area (TPSA) is 90.4 Å². The van der Waals surface area contributed by atoms with Crippen LogP contribution in [0.25, 0.3) is 0 Å². The van der Waals surface area contributed by atoms with Crippen LogP contribution in [0.15, 0.2) is 79.1 Å². The lowest BCUT2D eigenvalue weighted by Gasteiger charge is -2.44. The Labute approximate surface area is 294 Å². The number of esters is 1. The summed E-state index contributed by atoms with van der Waals surface area (Å²) in [6, 6.07) is 18.0. The molecule has 3 aromatic carbocycles. The lowest BCUT2D eigenvalue weighted by Crippen LogP contribution is -2.53. The first-order chi connectivity index (χ1) is 23.7. The molecule has 4 heterocycles. The molecule has 2 bridgehead atoms. The van der Waals surface area contributed by atoms with Gasteiger partial charge in [-0.15, -0.1) is 0 Å². The van der Waals surface area contributed by atoms with Gasteiger partial charge in [-0.05, 0) is 84.9 Å². The molecule has 0 saturated carbocycles. The summed E-state index contributed by atoms with van der Waals surface area (Å²) in [4.78, 5) is 34.7. The van der Waals surface area contributed by atoms with E-state index in [9.17, 15) is 9.59 Å². The predicted octanol–water partition coefficient (Wildman–Crippen LogP) is 7.92. The molecular formula is C37H36Cl2FN3O6. The van der Waals surface area contributed by atoms with Gasteiger partial charge in [0.2, 0.25) is 0 Å². The number of carbonyl (C=O) groups excluding carboxylic acids is 2. The maximum Gasteiger partial charge on any atom is 0.415 e. The van der Waals surface area contributed by atoms with Gasteiger partial charge < -0.3 is 18.9 Å². The number of pyridine rings is 1. The molecule has 3 fully saturated rings. The summed E-state index contributed by atoms with van der Waals surface area (Å²) < 4.78 is 37.9. The molecular weight excluding hydrogens is 672 g/mol. The Balaban J connectivity index is 1.21. The van der Waals surface area contributed by atoms with Crippen LogP contribution >= 0.6 is 23.2 Å². The molecule has 0 spiro atoms. The molecule has 49 heavy (non-hydrogen) atoms. The fourth-order valence-electron chi connectivity index (χ4n) is 6.38. The van der Waals surface area contributed by atoms with Crippen LogP contribution in [-0.4, -0.2) is 61.9 Å². The number of anilines is 1. The summed E-state index contributed by atoms with van der Waals surface area (Å²) in [6.45, 7) is 2.72. The molecule has 0 N–H and O–H groups in total. The molecule has 256 valence electrons. The second-order valence-electron chi connectivity index (χ2n) is 12.1. The van der Waals surface area contributed by atoms with Crippen molar-refractivity contribution in [1.82, 2.24) is 9.88 Å². The smallest absolute Gasteiger partial charge is 0.415 e. The van der Waals surface area contributed by atoms with E-state index in [2.05, 4.69) is 9.88 Å². The van der Waals surface area contributed by atoms with Gasteiger partial charge in [-0.25, -0.2) is 14.0 Å². The van der Waals surface area contributed by atoms with Gasteiger partial charge >= 0.3 is 12.1 Å². The minimum Gasteiger partial charge on any atom is -0.493 e. The highest BCUT2D eigenvalue weighted by molar-refractivity contribution is 6.35. The van der Waals surface area contributed by atoms with Gasteiger partial charge in [-0.1, -0.05) is 53.5 Å². The highest BCUT2D eigenvalue weighted by Gasteiger charge is 2.37. The van der Waals surface area contributed by atoms with Crippen molar-refractivity contribution in [2.75, 3.05) is 38.8 Å². The third kappa shape index (κ3) is 7.93. The number of benzene rings is 3. The van der Waals surface area contributed by atoms with Crippen LogP contribution in [0.5, 0.6) is 11.5 Å². The molecule has 1 aromatic heterocycles. The summed E-state index contributed by atoms with van der Waals surface area (Å²) in [7, 11) is 3.05. The second kappa shape index (κ2) is 15.4. The minimum atomic E-state index is -0.804. The highest BCUT2D eigenvalue weighted by atomic mass is 35.5. The van der Waals surface area contributed by atoms with Gasteiger partial charge in [0, 0.05) is 25.4 Å². The van der Waals surface area contributed by atoms with Crippen molar-refractivity contribution in [2.24, 2.45) is 5.92 Å². The third-order valence-electron chi connectivity index (χ3n) is 9.11. The molecule has 4 aromatic rings. The Kier molecular flexibility index (Phi) is 10.9. The fourth-order valence-corrected chi connectivity index (χ4v) is 6.90. The summed E-state index contributed by atoms with van der Waals surface area (Å²) in [6.07, 6.45) is 3.42. The molecule has 12 heteroatoms. The zero-order valence-corrected chi connectivity index (χ0v) is 28.6. The van der Waals surface area contributed by atoms with Gasteiger partial charge in [0.15, 0.2) is 11.5 Å². The Bertz CT molecular complexity index is 1780. The summed E-state index contributed by atoms with van der Waals surface area (Å²) in [5.74, 6) is 0.146. The quantitative estimate of drug-likeness (QED) is 0.145. The highest BCUT2D eigenvalue weighted by Crippen LogP contribution is 2.36. The first-order valence-electron chi connectivity index (χ1n) is 16.0. The average Bonchev–Trinajstić information content (AvgIpc) is 3.12. The second-order valence-corrected chi connectivity index (χ2v) is 12.9. The minimum absolute atomic E-state index is 0.0313. The van der Waals surface area contributed by atoms with E-state index < -0.39 is 24.0 Å². The molecule has 3 aliphatic heterocycles. The maximum absolute atomic E-state index is 15.0. The Morgan fingerprint density at radius 3 is 2.29 bits per heavy atom. The van der Waals surface area contributed by atoms with E-state index in [1.165, 1.54) is 37.6 Å². The molecule has 9 nitrogen and oxygen atoms in total. The number of nitrogens with zero attached hydrogens (tertiary/aromatic N) is 3. The van der Waals surface area contributed by atoms with Gasteiger partial charge in [0.25, 0.3) is 0 Å². The van der Waals surface area contributed by atoms with Gasteiger partial charge in [0.1, 0.15) is 18.0 Å². The van der Waals surface area contributed by atoms with E-state index >= 15 is 4.39 Å². The summed E-state index contributed by atoms with van der Waals surface area (Å²) in [5.41, 5.74) is 2.25. The van der Waals surface area contributed by atoms with E-state index in [-0.39, 0.29) is 30.3 Å². The van der Waals surface area contributed by atoms with E-state index in [4.69, 9.17) is 42.1 Å². The molecule has 1 amide bonds. The Hall–Kier alpha value is -4.38. The number of amides is 1. The molecule has 3 saturated heterocycles. The first kappa shape index (κ1) is 34.5. The first-order valence-corrected chi connectivity index (χ1v) is 16.7. The van der Waals surface area contributed by atoms with Crippen molar-refractivity contribution < 1.29 is 32.9 Å². The average molecular weight is 709 g/mol. The standard InChI is InChI=1S/C37H36Cl2FN3O6/c1-46-32-12-11-26(17-34(32)47-2)33(18-27-28(38)19-41-20-29(27)39)48-36(44)25-9-7-23(8-10-25)21-43(31-6-4-3-5-30(31)40)37(45)49-35-22-42-15-13-24(35)14-16-42/h3-12,17,19-20,24,33,35H,13-16,18,21-22H2,1-2H3/t33?,35-/m0/s1. The van der Waals surface area contributed by atoms with Gasteiger partial charge in [-0.3, -0.25) is 14.8 Å². The number of hydrogen-bond acceptors (Lipinski definition) is 8. The SMILES string of the molecule is COc1ccc(C(Cc2c(Cl)cncc2Cl)OC(=O)c2ccc(CN(C(=O)O[C@H]3CN4CCC3CC4)c3ccccc3F)cc2)cc1OC. The van der Waals surface area contributed by atoms with E-state index in [1.54, 1.807) is 60.7 Å². The number of ether oxygens (including phenoxy) is 4. The Morgan fingerprint density at radius 2 is 1.65 bits per heavy atom. The van der Waals surface area contributed by atoms with Crippen LogP contribution in [0.4, 0.5) is 14.9 Å². The van der Waals surface area contributed by atoms with Crippen LogP contribution in [0.2, 0.25) is 10.0 Å². The monoisotopic (exact) mass is 707 g/mol. The number of hydrogen-bond donors (Lipinski definition) is 0. The Morgan fingerprint density at radius 1 is 0.959 bits per heavy atom. The van der Waals surface area contributed by atoms with Crippen molar-refractivity contribution in [1.29, 1.82) is 0 Å². The zero-order chi connectivity index (χ0) is 34.5. The maximum atomic E-state index is 15.0. The van der Waals surface area contributed by atoms with Crippen LogP contribution in [0.3, 0.4) is 0 Å². The van der Waals surface area contributed by atoms with E-state index in [1.807, 2.05) is 0 Å². The van der Waals surface area contributed by atoms with Crippen LogP contribution in [-0.2, 0) is 22.4 Å². The fraction of sp³-hybridized carbons (Fsp3) is 0.324. The van der Waals surface area contributed by atoms with Crippen LogP contribution in [0.1, 0.15) is 46.0 Å². The number of para-hydroxylation sites is 1. The number of aromatic nitrogens is 1. The molecule has 0 radical (unpaired) electrons. The molecule has 1 unspecified atom stereocenters. The molecule has 7 rings (SSSR count). The number of halogens is 3. The summed E-state index contributed by atoms with van der Waals surface area (Å²) in [5, 5.41) is 0.676. The van der Waals surface area contributed by atoms with Gasteiger partial charge in [-0.2, -0.15) is 0 Å². The third-order valence-corrected chi connectivity index (χ3v) is 9.76.